The topological polar surface area (TPSA) is 190 Å². The van der Waals surface area contributed by atoms with Gasteiger partial charge in [0.25, 0.3) is 11.4 Å². The lowest BCUT2D eigenvalue weighted by atomic mass is 9.57. The average Bonchev–Trinajstić information content (AvgIpc) is 3.47. The third-order valence-corrected chi connectivity index (χ3v) is 9.83. The van der Waals surface area contributed by atoms with Crippen LogP contribution in [0.5, 0.6) is 11.5 Å². The first-order chi connectivity index (χ1) is 22.5. The van der Waals surface area contributed by atoms with E-state index in [4.69, 9.17) is 4.74 Å². The molecule has 4 aliphatic rings. The molecule has 2 aliphatic carbocycles. The Morgan fingerprint density at radius 3 is 1.87 bits per heavy atom. The van der Waals surface area contributed by atoms with Crippen molar-refractivity contribution in [3.05, 3.63) is 104 Å². The van der Waals surface area contributed by atoms with Crippen LogP contribution in [-0.4, -0.2) is 45.7 Å². The van der Waals surface area contributed by atoms with Gasteiger partial charge in [-0.15, -0.1) is 0 Å². The lowest BCUT2D eigenvalue weighted by molar-refractivity contribution is -0.385. The van der Waals surface area contributed by atoms with E-state index in [1.54, 1.807) is 18.2 Å². The van der Waals surface area contributed by atoms with Crippen LogP contribution in [0.1, 0.15) is 24.3 Å². The summed E-state index contributed by atoms with van der Waals surface area (Å²) in [6.45, 7) is 0. The number of carbonyl (C=O) groups is 4. The molecule has 1 saturated carbocycles. The van der Waals surface area contributed by atoms with Crippen LogP contribution in [0.25, 0.3) is 0 Å². The zero-order valence-electron chi connectivity index (χ0n) is 24.7. The number of nitrogens with zero attached hydrogens (tertiary/aromatic N) is 4. The van der Waals surface area contributed by atoms with Gasteiger partial charge in [0.05, 0.1) is 52.0 Å². The van der Waals surface area contributed by atoms with Crippen molar-refractivity contribution in [1.82, 2.24) is 0 Å². The van der Waals surface area contributed by atoms with Gasteiger partial charge in [-0.1, -0.05) is 35.9 Å². The van der Waals surface area contributed by atoms with Crippen LogP contribution in [0.3, 0.4) is 0 Å². The quantitative estimate of drug-likeness (QED) is 0.177. The van der Waals surface area contributed by atoms with E-state index in [-0.39, 0.29) is 47.1 Å². The van der Waals surface area contributed by atoms with Crippen LogP contribution < -0.4 is 14.5 Å². The van der Waals surface area contributed by atoms with E-state index in [1.807, 2.05) is 0 Å². The molecule has 1 N–H and O–H groups in total. The van der Waals surface area contributed by atoms with Gasteiger partial charge >= 0.3 is 0 Å². The molecule has 2 heterocycles. The summed E-state index contributed by atoms with van der Waals surface area (Å²) in [5.41, 5.74) is 0.390. The fraction of sp³-hybridized carbons (Fsp3) is 0.273. The smallest absolute Gasteiger partial charge is 0.271 e. The highest BCUT2D eigenvalue weighted by Crippen LogP contribution is 2.60. The molecule has 7 rings (SSSR count). The van der Waals surface area contributed by atoms with Gasteiger partial charge in [0.15, 0.2) is 11.5 Å². The number of anilines is 2. The third kappa shape index (κ3) is 4.39. The highest BCUT2D eigenvalue weighted by Gasteiger charge is 2.62. The summed E-state index contributed by atoms with van der Waals surface area (Å²) in [7, 11) is 1.37. The molecule has 2 saturated heterocycles. The van der Waals surface area contributed by atoms with Crippen LogP contribution in [-0.2, 0) is 19.2 Å². The second-order valence-electron chi connectivity index (χ2n) is 12.0. The minimum Gasteiger partial charge on any atom is -0.504 e. The number of ether oxygens (including phenoxy) is 1. The number of nitro groups is 2. The van der Waals surface area contributed by atoms with Crippen LogP contribution in [0.2, 0.25) is 0 Å². The van der Waals surface area contributed by atoms with Crippen molar-refractivity contribution in [3.63, 3.8) is 0 Å². The Bertz CT molecular complexity index is 1960. The van der Waals surface area contributed by atoms with Crippen LogP contribution in [0.4, 0.5) is 22.7 Å². The molecule has 14 nitrogen and oxygen atoms in total. The standard InChI is InChI=1S/C33H26N4O10/c1-47-25-10-4-9-21(29(25)38)26-20-11-12-22-27(32(41)34(30(22)39)16-5-2-7-18(13-16)36(43)44)23(20)15-24-28(26)33(42)35(31(24)40)17-6-3-8-19(14-17)37(45)46/h2-11,13-14,22-24,26-28,38H,12,15H2,1H3. The zero-order chi connectivity index (χ0) is 33.3. The molecule has 2 aliphatic heterocycles. The maximum Gasteiger partial charge on any atom is 0.271 e. The van der Waals surface area contributed by atoms with Crippen molar-refractivity contribution in [2.24, 2.45) is 29.6 Å². The van der Waals surface area contributed by atoms with E-state index in [0.29, 0.717) is 11.1 Å². The lowest BCUT2D eigenvalue weighted by Crippen LogP contribution is -2.43. The summed E-state index contributed by atoms with van der Waals surface area (Å²) >= 11 is 0. The van der Waals surface area contributed by atoms with Crippen molar-refractivity contribution in [1.29, 1.82) is 0 Å². The fourth-order valence-electron chi connectivity index (χ4n) is 7.89. The number of amides is 4. The van der Waals surface area contributed by atoms with E-state index in [2.05, 4.69) is 0 Å². The normalized spacial score (nSPS) is 26.4. The summed E-state index contributed by atoms with van der Waals surface area (Å²) < 4.78 is 5.34. The molecular weight excluding hydrogens is 612 g/mol. The number of para-hydroxylation sites is 1. The Hall–Kier alpha value is -5.92. The Kier molecular flexibility index (Phi) is 6.88. The van der Waals surface area contributed by atoms with Crippen LogP contribution >= 0.6 is 0 Å². The molecule has 0 aromatic heterocycles. The van der Waals surface area contributed by atoms with Gasteiger partial charge in [-0.3, -0.25) is 39.4 Å². The van der Waals surface area contributed by atoms with Crippen molar-refractivity contribution >= 4 is 46.4 Å². The highest BCUT2D eigenvalue weighted by molar-refractivity contribution is 6.24. The Balaban J connectivity index is 1.35. The van der Waals surface area contributed by atoms with Crippen molar-refractivity contribution in [2.45, 2.75) is 18.8 Å². The van der Waals surface area contributed by atoms with E-state index in [0.717, 1.165) is 21.9 Å². The molecule has 47 heavy (non-hydrogen) atoms. The van der Waals surface area contributed by atoms with Gasteiger partial charge in [-0.25, -0.2) is 9.80 Å². The monoisotopic (exact) mass is 638 g/mol. The number of rotatable bonds is 6. The second-order valence-corrected chi connectivity index (χ2v) is 12.0. The predicted octanol–water partition coefficient (Wildman–Crippen LogP) is 4.26. The fourth-order valence-corrected chi connectivity index (χ4v) is 7.89. The minimum atomic E-state index is -1.03. The Morgan fingerprint density at radius 2 is 1.30 bits per heavy atom. The first-order valence-electron chi connectivity index (χ1n) is 14.8. The van der Waals surface area contributed by atoms with Gasteiger partial charge in [-0.05, 0) is 37.0 Å². The molecule has 0 radical (unpaired) electrons. The van der Waals surface area contributed by atoms with E-state index >= 15 is 0 Å². The molecule has 4 amide bonds. The number of phenols is 1. The summed E-state index contributed by atoms with van der Waals surface area (Å²) in [4.78, 5) is 79.8. The number of phenolic OH excluding ortho intramolecular Hbond substituents is 1. The second kappa shape index (κ2) is 10.9. The molecule has 238 valence electrons. The van der Waals surface area contributed by atoms with Crippen LogP contribution in [0, 0.1) is 49.8 Å². The van der Waals surface area contributed by atoms with Crippen molar-refractivity contribution < 1.29 is 38.9 Å². The number of methoxy groups -OCH3 is 1. The number of aromatic hydroxyl groups is 1. The maximum atomic E-state index is 14.2. The molecule has 0 bridgehead atoms. The van der Waals surface area contributed by atoms with Gasteiger partial charge in [0.1, 0.15) is 0 Å². The number of fused-ring (bicyclic) bond motifs is 4. The minimum absolute atomic E-state index is 0.0241. The molecule has 14 heteroatoms. The molecular formula is C33H26N4O10. The molecule has 3 aromatic carbocycles. The molecule has 3 aromatic rings. The number of nitro benzene ring substituents is 2. The Labute approximate surface area is 266 Å². The van der Waals surface area contributed by atoms with Crippen molar-refractivity contribution in [3.8, 4) is 11.5 Å². The number of non-ortho nitro benzene ring substituents is 2. The van der Waals surface area contributed by atoms with Gasteiger partial charge in [0, 0.05) is 35.7 Å². The summed E-state index contributed by atoms with van der Waals surface area (Å²) in [5.74, 6) is -7.80. The molecule has 0 spiro atoms. The summed E-state index contributed by atoms with van der Waals surface area (Å²) in [5, 5.41) is 34.3. The van der Waals surface area contributed by atoms with Gasteiger partial charge in [0.2, 0.25) is 23.6 Å². The number of hydrogen-bond acceptors (Lipinski definition) is 10. The maximum absolute atomic E-state index is 14.2. The zero-order valence-corrected chi connectivity index (χ0v) is 24.7. The molecule has 3 fully saturated rings. The average molecular weight is 639 g/mol. The van der Waals surface area contributed by atoms with Gasteiger partial charge in [-0.2, -0.15) is 0 Å². The highest BCUT2D eigenvalue weighted by atomic mass is 16.6. The lowest BCUT2D eigenvalue weighted by Gasteiger charge is -2.44. The Morgan fingerprint density at radius 1 is 0.745 bits per heavy atom. The SMILES string of the molecule is COc1cccc(C2C3=CCC4C(=O)N(c5cccc([N+](=O)[O-])c5)C(=O)C4C3CC3C(=O)N(c4cccc([N+](=O)[O-])c4)C(=O)C32)c1O. The first kappa shape index (κ1) is 29.8. The number of hydrogen-bond donors (Lipinski definition) is 1. The van der Waals surface area contributed by atoms with Gasteiger partial charge < -0.3 is 9.84 Å². The number of imide groups is 2. The number of allylic oxidation sites excluding steroid dienone is 2. The van der Waals surface area contributed by atoms with Crippen LogP contribution in [0.15, 0.2) is 78.4 Å². The van der Waals surface area contributed by atoms with E-state index in [1.165, 1.54) is 49.6 Å². The van der Waals surface area contributed by atoms with Crippen molar-refractivity contribution in [2.75, 3.05) is 16.9 Å². The van der Waals surface area contributed by atoms with E-state index in [9.17, 15) is 44.5 Å². The molecule has 6 atom stereocenters. The summed E-state index contributed by atoms with van der Waals surface area (Å²) in [6, 6.07) is 15.2. The number of benzene rings is 3. The first-order valence-corrected chi connectivity index (χ1v) is 14.8. The van der Waals surface area contributed by atoms with E-state index < -0.39 is 69.0 Å². The third-order valence-electron chi connectivity index (χ3n) is 9.83. The largest absolute Gasteiger partial charge is 0.504 e. The number of carbonyl (C=O) groups excluding carboxylic acids is 4. The molecule has 6 unspecified atom stereocenters. The summed E-state index contributed by atoms with van der Waals surface area (Å²) in [6.07, 6.45) is 1.94. The predicted molar refractivity (Wildman–Crippen MR) is 163 cm³/mol.